The molecule has 1 atom stereocenters. The van der Waals surface area contributed by atoms with Gasteiger partial charge >= 0.3 is 0 Å². The van der Waals surface area contributed by atoms with Crippen molar-refractivity contribution >= 4 is 31.7 Å². The molecule has 1 fully saturated rings. The van der Waals surface area contributed by atoms with Crippen LogP contribution < -0.4 is 10.0 Å². The third-order valence-corrected chi connectivity index (χ3v) is 5.56. The number of hydrogen-bond donors (Lipinski definition) is 2. The lowest BCUT2D eigenvalue weighted by Crippen LogP contribution is -2.32. The standard InChI is InChI=1S/C11H14N2O6S2/c1-7-2-3-8(4-10(7)21(17,18)19)13-6-9(5-11(13)14)20(12,15)16/h2-4,9H,5-6H2,1H3,(H2,12,15,16)(H,17,18,19). The van der Waals surface area contributed by atoms with Gasteiger partial charge < -0.3 is 4.90 Å². The molecule has 0 saturated carbocycles. The topological polar surface area (TPSA) is 135 Å². The second-order valence-corrected chi connectivity index (χ2v) is 8.08. The van der Waals surface area contributed by atoms with Crippen LogP contribution >= 0.6 is 0 Å². The fourth-order valence-electron chi connectivity index (χ4n) is 2.18. The van der Waals surface area contributed by atoms with E-state index in [1.807, 2.05) is 0 Å². The van der Waals surface area contributed by atoms with Crippen LogP contribution in [0.1, 0.15) is 12.0 Å². The monoisotopic (exact) mass is 334 g/mol. The Hall–Kier alpha value is -1.49. The van der Waals surface area contributed by atoms with Crippen molar-refractivity contribution in [3.05, 3.63) is 23.8 Å². The Morgan fingerprint density at radius 2 is 1.90 bits per heavy atom. The summed E-state index contributed by atoms with van der Waals surface area (Å²) < 4.78 is 54.3. The number of anilines is 1. The van der Waals surface area contributed by atoms with Gasteiger partial charge in [0.05, 0.1) is 4.90 Å². The fourth-order valence-corrected chi connectivity index (χ4v) is 3.66. The molecule has 1 aliphatic heterocycles. The Morgan fingerprint density at radius 1 is 1.29 bits per heavy atom. The average molecular weight is 334 g/mol. The van der Waals surface area contributed by atoms with Gasteiger partial charge in [0.15, 0.2) is 0 Å². The third kappa shape index (κ3) is 3.23. The molecule has 1 aliphatic rings. The predicted octanol–water partition coefficient (Wildman–Crippen LogP) is -0.364. The molecule has 116 valence electrons. The van der Waals surface area contributed by atoms with E-state index < -0.39 is 31.3 Å². The van der Waals surface area contributed by atoms with Gasteiger partial charge in [-0.1, -0.05) is 6.07 Å². The molecule has 1 saturated heterocycles. The summed E-state index contributed by atoms with van der Waals surface area (Å²) >= 11 is 0. The lowest BCUT2D eigenvalue weighted by Gasteiger charge is -2.17. The zero-order chi connectivity index (χ0) is 16.0. The molecule has 0 radical (unpaired) electrons. The number of sulfonamides is 1. The maximum Gasteiger partial charge on any atom is 0.294 e. The number of hydrogen-bond acceptors (Lipinski definition) is 5. The van der Waals surface area contributed by atoms with Crippen LogP contribution in [0.15, 0.2) is 23.1 Å². The van der Waals surface area contributed by atoms with E-state index in [4.69, 9.17) is 9.69 Å². The Balaban J connectivity index is 2.43. The van der Waals surface area contributed by atoms with Gasteiger partial charge in [-0.2, -0.15) is 8.42 Å². The molecule has 0 aliphatic carbocycles. The Bertz CT molecular complexity index is 800. The van der Waals surface area contributed by atoms with E-state index in [2.05, 4.69) is 0 Å². The van der Waals surface area contributed by atoms with Gasteiger partial charge in [-0.05, 0) is 24.6 Å². The van der Waals surface area contributed by atoms with Crippen molar-refractivity contribution in [3.63, 3.8) is 0 Å². The summed E-state index contributed by atoms with van der Waals surface area (Å²) in [5.41, 5.74) is 0.514. The highest BCUT2D eigenvalue weighted by Gasteiger charge is 2.37. The van der Waals surface area contributed by atoms with Gasteiger partial charge in [0, 0.05) is 18.7 Å². The van der Waals surface area contributed by atoms with Crippen molar-refractivity contribution in [2.45, 2.75) is 23.5 Å². The summed E-state index contributed by atoms with van der Waals surface area (Å²) in [5.74, 6) is -0.473. The highest BCUT2D eigenvalue weighted by molar-refractivity contribution is 7.89. The van der Waals surface area contributed by atoms with E-state index >= 15 is 0 Å². The zero-order valence-corrected chi connectivity index (χ0v) is 12.7. The van der Waals surface area contributed by atoms with Gasteiger partial charge in [0.1, 0.15) is 5.25 Å². The van der Waals surface area contributed by atoms with Crippen molar-refractivity contribution in [1.29, 1.82) is 0 Å². The van der Waals surface area contributed by atoms with Crippen molar-refractivity contribution in [1.82, 2.24) is 0 Å². The van der Waals surface area contributed by atoms with Crippen LogP contribution in [-0.2, 0) is 24.9 Å². The van der Waals surface area contributed by atoms with E-state index in [1.165, 1.54) is 19.1 Å². The number of amides is 1. The number of nitrogens with zero attached hydrogens (tertiary/aromatic N) is 1. The van der Waals surface area contributed by atoms with E-state index in [-0.39, 0.29) is 23.5 Å². The first-order valence-electron chi connectivity index (χ1n) is 5.90. The van der Waals surface area contributed by atoms with Gasteiger partial charge in [-0.3, -0.25) is 9.35 Å². The van der Waals surface area contributed by atoms with E-state index in [0.29, 0.717) is 5.56 Å². The van der Waals surface area contributed by atoms with Gasteiger partial charge in [0.25, 0.3) is 10.1 Å². The maximum absolute atomic E-state index is 11.9. The largest absolute Gasteiger partial charge is 0.311 e. The normalized spacial score (nSPS) is 20.0. The Labute approximate surface area is 122 Å². The Morgan fingerprint density at radius 3 is 2.38 bits per heavy atom. The average Bonchev–Trinajstić information content (AvgIpc) is 2.70. The summed E-state index contributed by atoms with van der Waals surface area (Å²) in [6.45, 7) is 1.34. The fraction of sp³-hybridized carbons (Fsp3) is 0.364. The number of primary sulfonamides is 1. The van der Waals surface area contributed by atoms with Crippen molar-refractivity contribution < 1.29 is 26.2 Å². The smallest absolute Gasteiger partial charge is 0.294 e. The third-order valence-electron chi connectivity index (χ3n) is 3.32. The molecular weight excluding hydrogens is 320 g/mol. The van der Waals surface area contributed by atoms with Crippen LogP contribution in [0.5, 0.6) is 0 Å². The van der Waals surface area contributed by atoms with Crippen molar-refractivity contribution in [2.75, 3.05) is 11.4 Å². The van der Waals surface area contributed by atoms with Crippen LogP contribution in [0, 0.1) is 6.92 Å². The number of nitrogens with two attached hydrogens (primary N) is 1. The Kier molecular flexibility index (Phi) is 3.82. The number of aryl methyl sites for hydroxylation is 1. The van der Waals surface area contributed by atoms with Crippen LogP contribution in [0.3, 0.4) is 0 Å². The van der Waals surface area contributed by atoms with Crippen LogP contribution in [-0.4, -0.2) is 39.1 Å². The van der Waals surface area contributed by atoms with Gasteiger partial charge in [0.2, 0.25) is 15.9 Å². The van der Waals surface area contributed by atoms with Crippen molar-refractivity contribution in [2.24, 2.45) is 5.14 Å². The quantitative estimate of drug-likeness (QED) is 0.724. The minimum absolute atomic E-state index is 0.147. The molecule has 0 aromatic heterocycles. The summed E-state index contributed by atoms with van der Waals surface area (Å²) in [7, 11) is -8.28. The maximum atomic E-state index is 11.9. The summed E-state index contributed by atoms with van der Waals surface area (Å²) in [6.07, 6.45) is -0.256. The molecule has 1 aromatic carbocycles. The first-order valence-corrected chi connectivity index (χ1v) is 8.95. The second-order valence-electron chi connectivity index (χ2n) is 4.84. The zero-order valence-electron chi connectivity index (χ0n) is 11.1. The molecule has 1 unspecified atom stereocenters. The number of benzene rings is 1. The summed E-state index contributed by atoms with van der Waals surface area (Å²) in [5, 5.41) is 4.00. The van der Waals surface area contributed by atoms with E-state index in [1.54, 1.807) is 0 Å². The predicted molar refractivity (Wildman–Crippen MR) is 74.9 cm³/mol. The highest BCUT2D eigenvalue weighted by Crippen LogP contribution is 2.27. The molecule has 1 heterocycles. The lowest BCUT2D eigenvalue weighted by atomic mass is 10.2. The molecule has 1 amide bonds. The molecule has 0 spiro atoms. The second kappa shape index (κ2) is 5.05. The van der Waals surface area contributed by atoms with Crippen LogP contribution in [0.4, 0.5) is 5.69 Å². The highest BCUT2D eigenvalue weighted by atomic mass is 32.2. The SMILES string of the molecule is Cc1ccc(N2CC(S(N)(=O)=O)CC2=O)cc1S(=O)(=O)O. The van der Waals surface area contributed by atoms with E-state index in [9.17, 15) is 21.6 Å². The summed E-state index contributed by atoms with van der Waals surface area (Å²) in [6, 6.07) is 4.04. The molecule has 10 heteroatoms. The number of rotatable bonds is 3. The minimum atomic E-state index is -4.43. The molecule has 2 rings (SSSR count). The molecule has 0 bridgehead atoms. The van der Waals surface area contributed by atoms with E-state index in [0.717, 1.165) is 11.0 Å². The molecule has 3 N–H and O–H groups in total. The van der Waals surface area contributed by atoms with Crippen LogP contribution in [0.2, 0.25) is 0 Å². The van der Waals surface area contributed by atoms with Gasteiger partial charge in [-0.15, -0.1) is 0 Å². The molecule has 8 nitrogen and oxygen atoms in total. The number of carbonyl (C=O) groups is 1. The van der Waals surface area contributed by atoms with Gasteiger partial charge in [-0.25, -0.2) is 13.6 Å². The lowest BCUT2D eigenvalue weighted by molar-refractivity contribution is -0.117. The molecular formula is C11H14N2O6S2. The first-order chi connectivity index (χ1) is 9.50. The summed E-state index contributed by atoms with van der Waals surface area (Å²) in [4.78, 5) is 12.7. The van der Waals surface area contributed by atoms with Crippen molar-refractivity contribution in [3.8, 4) is 0 Å². The molecule has 21 heavy (non-hydrogen) atoms. The first kappa shape index (κ1) is 15.9. The van der Waals surface area contributed by atoms with Crippen LogP contribution in [0.25, 0.3) is 0 Å². The molecule has 1 aromatic rings. The number of carbonyl (C=O) groups excluding carboxylic acids is 1. The minimum Gasteiger partial charge on any atom is -0.311 e.